The predicted octanol–water partition coefficient (Wildman–Crippen LogP) is 2.44. The molecule has 2 atom stereocenters. The van der Waals surface area contributed by atoms with Gasteiger partial charge in [-0.1, -0.05) is 20.4 Å². The molecule has 0 aliphatic rings. The molecule has 0 aliphatic heterocycles. The molecule has 1 N–H and O–H groups in total. The Morgan fingerprint density at radius 1 is 1.35 bits per heavy atom. The molecular weight excluding hydrogens is 237 g/mol. The summed E-state index contributed by atoms with van der Waals surface area (Å²) in [5.74, 6) is -1.64. The highest BCUT2D eigenvalue weighted by atomic mass is 19.4. The van der Waals surface area contributed by atoms with E-state index in [1.165, 1.54) is 20.8 Å². The summed E-state index contributed by atoms with van der Waals surface area (Å²) in [5.41, 5.74) is -3.11. The molecule has 0 heterocycles. The average Bonchev–Trinajstić information content (AvgIpc) is 2.10. The molecule has 100 valence electrons. The van der Waals surface area contributed by atoms with Gasteiger partial charge in [-0.3, -0.25) is 0 Å². The average molecular weight is 254 g/mol. The van der Waals surface area contributed by atoms with E-state index in [1.807, 2.05) is 0 Å². The maximum Gasteiger partial charge on any atom is 0.420 e. The van der Waals surface area contributed by atoms with Crippen LogP contribution in [-0.4, -0.2) is 29.0 Å². The minimum atomic E-state index is -4.88. The Labute approximate surface area is 98.3 Å². The maximum absolute atomic E-state index is 12.6. The number of halogens is 3. The van der Waals surface area contributed by atoms with E-state index in [0.717, 1.165) is 0 Å². The first kappa shape index (κ1) is 16.0. The van der Waals surface area contributed by atoms with E-state index >= 15 is 0 Å². The second-order valence-corrected chi connectivity index (χ2v) is 4.50. The standard InChI is InChI=1S/C11H17F3O3/c1-6(2)8(17-9(15)7(3)4)10(5,16)11(12,13)14/h6,8,16H,3H2,1-2,4-5H3. The van der Waals surface area contributed by atoms with E-state index in [9.17, 15) is 23.1 Å². The SMILES string of the molecule is C=C(C)C(=O)OC(C(C)C)C(C)(O)C(F)(F)F. The van der Waals surface area contributed by atoms with Crippen molar-refractivity contribution in [3.8, 4) is 0 Å². The first-order valence-electron chi connectivity index (χ1n) is 5.06. The number of rotatable bonds is 4. The number of esters is 1. The molecule has 17 heavy (non-hydrogen) atoms. The van der Waals surface area contributed by atoms with E-state index in [4.69, 9.17) is 0 Å². The third-order valence-corrected chi connectivity index (χ3v) is 2.32. The van der Waals surface area contributed by atoms with E-state index in [1.54, 1.807) is 0 Å². The summed E-state index contributed by atoms with van der Waals surface area (Å²) in [6.45, 7) is 8.04. The summed E-state index contributed by atoms with van der Waals surface area (Å²) in [5, 5.41) is 9.48. The van der Waals surface area contributed by atoms with Crippen LogP contribution in [0.1, 0.15) is 27.7 Å². The first-order chi connectivity index (χ1) is 7.41. The molecule has 0 aromatic carbocycles. The second kappa shape index (κ2) is 5.08. The van der Waals surface area contributed by atoms with Crippen molar-refractivity contribution in [2.75, 3.05) is 0 Å². The molecule has 6 heteroatoms. The summed E-state index contributed by atoms with van der Waals surface area (Å²) in [7, 11) is 0. The minimum Gasteiger partial charge on any atom is -0.455 e. The number of carbonyl (C=O) groups excluding carboxylic acids is 1. The van der Waals surface area contributed by atoms with E-state index in [0.29, 0.717) is 6.92 Å². The third kappa shape index (κ3) is 3.73. The zero-order valence-corrected chi connectivity index (χ0v) is 10.3. The van der Waals surface area contributed by atoms with Crippen molar-refractivity contribution < 1.29 is 27.8 Å². The summed E-state index contributed by atoms with van der Waals surface area (Å²) >= 11 is 0. The number of hydrogen-bond donors (Lipinski definition) is 1. The molecule has 0 fully saturated rings. The fraction of sp³-hybridized carbons (Fsp3) is 0.727. The second-order valence-electron chi connectivity index (χ2n) is 4.50. The Balaban J connectivity index is 5.13. The van der Waals surface area contributed by atoms with Crippen LogP contribution in [0, 0.1) is 5.92 Å². The van der Waals surface area contributed by atoms with E-state index < -0.39 is 29.8 Å². The van der Waals surface area contributed by atoms with Gasteiger partial charge in [-0.05, 0) is 19.8 Å². The molecule has 0 aromatic rings. The molecule has 0 rings (SSSR count). The van der Waals surface area contributed by atoms with Gasteiger partial charge < -0.3 is 9.84 Å². The number of hydrogen-bond acceptors (Lipinski definition) is 3. The Morgan fingerprint density at radius 3 is 2.00 bits per heavy atom. The van der Waals surface area contributed by atoms with Gasteiger partial charge in [0.05, 0.1) is 0 Å². The number of aliphatic hydroxyl groups is 1. The fourth-order valence-corrected chi connectivity index (χ4v) is 1.28. The van der Waals surface area contributed by atoms with Gasteiger partial charge in [0.2, 0.25) is 0 Å². The van der Waals surface area contributed by atoms with Gasteiger partial charge in [0.15, 0.2) is 5.60 Å². The molecule has 0 radical (unpaired) electrons. The normalized spacial score (nSPS) is 17.5. The number of carbonyl (C=O) groups is 1. The zero-order chi connectivity index (χ0) is 14.0. The van der Waals surface area contributed by atoms with Gasteiger partial charge in [-0.25, -0.2) is 4.79 Å². The minimum absolute atomic E-state index is 0.0198. The molecule has 3 nitrogen and oxygen atoms in total. The highest BCUT2D eigenvalue weighted by Gasteiger charge is 2.57. The summed E-state index contributed by atoms with van der Waals surface area (Å²) in [6.07, 6.45) is -6.55. The maximum atomic E-state index is 12.6. The van der Waals surface area contributed by atoms with Gasteiger partial charge in [-0.15, -0.1) is 0 Å². The molecule has 0 amide bonds. The van der Waals surface area contributed by atoms with E-state index in [-0.39, 0.29) is 5.57 Å². The number of alkyl halides is 3. The Kier molecular flexibility index (Phi) is 4.77. The van der Waals surface area contributed by atoms with Gasteiger partial charge in [0.1, 0.15) is 6.10 Å². The largest absolute Gasteiger partial charge is 0.455 e. The topological polar surface area (TPSA) is 46.5 Å². The summed E-state index contributed by atoms with van der Waals surface area (Å²) < 4.78 is 42.6. The van der Waals surface area contributed by atoms with Crippen LogP contribution >= 0.6 is 0 Å². The number of ether oxygens (including phenoxy) is 1. The van der Waals surface area contributed by atoms with Gasteiger partial charge in [0, 0.05) is 5.57 Å². The predicted molar refractivity (Wildman–Crippen MR) is 56.2 cm³/mol. The fourth-order valence-electron chi connectivity index (χ4n) is 1.28. The van der Waals surface area contributed by atoms with Crippen molar-refractivity contribution >= 4 is 5.97 Å². The molecule has 2 unspecified atom stereocenters. The lowest BCUT2D eigenvalue weighted by Gasteiger charge is -2.36. The van der Waals surface area contributed by atoms with Crippen molar-refractivity contribution in [2.24, 2.45) is 5.92 Å². The Bertz CT molecular complexity index is 306. The van der Waals surface area contributed by atoms with Gasteiger partial charge in [0.25, 0.3) is 0 Å². The quantitative estimate of drug-likeness (QED) is 0.619. The van der Waals surface area contributed by atoms with Crippen LogP contribution < -0.4 is 0 Å². The molecule has 0 aromatic heterocycles. The van der Waals surface area contributed by atoms with Crippen LogP contribution in [0.5, 0.6) is 0 Å². The highest BCUT2D eigenvalue weighted by Crippen LogP contribution is 2.37. The monoisotopic (exact) mass is 254 g/mol. The van der Waals surface area contributed by atoms with Crippen molar-refractivity contribution in [3.63, 3.8) is 0 Å². The first-order valence-corrected chi connectivity index (χ1v) is 5.06. The van der Waals surface area contributed by atoms with Crippen LogP contribution in [0.15, 0.2) is 12.2 Å². The van der Waals surface area contributed by atoms with Crippen LogP contribution in [0.3, 0.4) is 0 Å². The summed E-state index contributed by atoms with van der Waals surface area (Å²) in [4.78, 5) is 11.2. The Hall–Kier alpha value is -1.04. The van der Waals surface area contributed by atoms with Crippen molar-refractivity contribution in [1.82, 2.24) is 0 Å². The summed E-state index contributed by atoms with van der Waals surface area (Å²) in [6, 6.07) is 0. The molecule has 0 saturated heterocycles. The van der Waals surface area contributed by atoms with Crippen molar-refractivity contribution in [2.45, 2.75) is 45.6 Å². The highest BCUT2D eigenvalue weighted by molar-refractivity contribution is 5.87. The van der Waals surface area contributed by atoms with E-state index in [2.05, 4.69) is 11.3 Å². The lowest BCUT2D eigenvalue weighted by Crippen LogP contribution is -2.55. The van der Waals surface area contributed by atoms with Crippen LogP contribution in [-0.2, 0) is 9.53 Å². The zero-order valence-electron chi connectivity index (χ0n) is 10.3. The molecule has 0 saturated carbocycles. The van der Waals surface area contributed by atoms with Crippen LogP contribution in [0.25, 0.3) is 0 Å². The van der Waals surface area contributed by atoms with Crippen molar-refractivity contribution in [1.29, 1.82) is 0 Å². The molecule has 0 spiro atoms. The lowest BCUT2D eigenvalue weighted by molar-refractivity contribution is -0.290. The van der Waals surface area contributed by atoms with Gasteiger partial charge in [-0.2, -0.15) is 13.2 Å². The molecular formula is C11H17F3O3. The third-order valence-electron chi connectivity index (χ3n) is 2.32. The van der Waals surface area contributed by atoms with Crippen LogP contribution in [0.2, 0.25) is 0 Å². The molecule has 0 bridgehead atoms. The van der Waals surface area contributed by atoms with Crippen molar-refractivity contribution in [3.05, 3.63) is 12.2 Å². The molecule has 0 aliphatic carbocycles. The van der Waals surface area contributed by atoms with Gasteiger partial charge >= 0.3 is 12.1 Å². The Morgan fingerprint density at radius 2 is 1.76 bits per heavy atom. The van der Waals surface area contributed by atoms with Crippen LogP contribution in [0.4, 0.5) is 13.2 Å². The smallest absolute Gasteiger partial charge is 0.420 e. The lowest BCUT2D eigenvalue weighted by atomic mass is 9.89.